The Morgan fingerprint density at radius 1 is 1.41 bits per heavy atom. The van der Waals surface area contributed by atoms with E-state index in [1.54, 1.807) is 6.07 Å². The van der Waals surface area contributed by atoms with Crippen LogP contribution in [0.15, 0.2) is 18.2 Å². The monoisotopic (exact) mass is 233 g/mol. The molecule has 0 atom stereocenters. The summed E-state index contributed by atoms with van der Waals surface area (Å²) in [7, 11) is 0. The number of hydrogen-bond acceptors (Lipinski definition) is 2. The number of rotatable bonds is 2. The van der Waals surface area contributed by atoms with Crippen LogP contribution < -0.4 is 4.90 Å². The molecule has 1 heterocycles. The Morgan fingerprint density at radius 2 is 2.12 bits per heavy atom. The smallest absolute Gasteiger partial charge is 0.335 e. The number of benzene rings is 1. The third-order valence-corrected chi connectivity index (χ3v) is 3.65. The second-order valence-corrected chi connectivity index (χ2v) is 5.37. The molecule has 1 N–H and O–H groups in total. The fourth-order valence-corrected chi connectivity index (χ4v) is 2.64. The molecule has 17 heavy (non-hydrogen) atoms. The summed E-state index contributed by atoms with van der Waals surface area (Å²) in [5, 5.41) is 9.01. The van der Waals surface area contributed by atoms with Crippen LogP contribution in [-0.4, -0.2) is 23.2 Å². The molecule has 2 rings (SSSR count). The van der Waals surface area contributed by atoms with E-state index in [2.05, 4.69) is 18.7 Å². The van der Waals surface area contributed by atoms with Gasteiger partial charge in [-0.05, 0) is 57.4 Å². The highest BCUT2D eigenvalue weighted by atomic mass is 16.4. The van der Waals surface area contributed by atoms with E-state index in [9.17, 15) is 4.79 Å². The molecule has 3 heteroatoms. The minimum Gasteiger partial charge on any atom is -0.478 e. The van der Waals surface area contributed by atoms with Gasteiger partial charge in [-0.15, -0.1) is 0 Å². The molecule has 0 radical (unpaired) electrons. The number of carboxylic acid groups (broad SMARTS) is 1. The highest BCUT2D eigenvalue weighted by molar-refractivity contribution is 5.90. The van der Waals surface area contributed by atoms with Crippen molar-refractivity contribution in [2.75, 3.05) is 11.4 Å². The number of nitrogens with zero attached hydrogens (tertiary/aromatic N) is 1. The fraction of sp³-hybridized carbons (Fsp3) is 0.500. The standard InChI is InChI=1S/C14H19NO2/c1-10-9-11(5-6-12(10)13(16)17)15-8-4-7-14(15,2)3/h5-6,9H,4,7-8H2,1-3H3,(H,16,17). The summed E-state index contributed by atoms with van der Waals surface area (Å²) >= 11 is 0. The molecule has 0 spiro atoms. The quantitative estimate of drug-likeness (QED) is 0.853. The Morgan fingerprint density at radius 3 is 2.59 bits per heavy atom. The lowest BCUT2D eigenvalue weighted by atomic mass is 10.0. The highest BCUT2D eigenvalue weighted by Crippen LogP contribution is 2.34. The minimum absolute atomic E-state index is 0.178. The van der Waals surface area contributed by atoms with Crippen molar-refractivity contribution in [3.8, 4) is 0 Å². The highest BCUT2D eigenvalue weighted by Gasteiger charge is 2.32. The van der Waals surface area contributed by atoms with Crippen LogP contribution in [0.2, 0.25) is 0 Å². The predicted octanol–water partition coefficient (Wildman–Crippen LogP) is 3.07. The molecule has 1 saturated heterocycles. The SMILES string of the molecule is Cc1cc(N2CCCC2(C)C)ccc1C(=O)O. The third kappa shape index (κ3) is 2.14. The maximum atomic E-state index is 11.0. The topological polar surface area (TPSA) is 40.5 Å². The fourth-order valence-electron chi connectivity index (χ4n) is 2.64. The third-order valence-electron chi connectivity index (χ3n) is 3.65. The molecular weight excluding hydrogens is 214 g/mol. The number of carbonyl (C=O) groups is 1. The molecule has 1 aromatic carbocycles. The van der Waals surface area contributed by atoms with E-state index in [0.29, 0.717) is 5.56 Å². The molecule has 0 unspecified atom stereocenters. The lowest BCUT2D eigenvalue weighted by Gasteiger charge is -2.34. The van der Waals surface area contributed by atoms with E-state index in [1.165, 1.54) is 12.8 Å². The van der Waals surface area contributed by atoms with E-state index >= 15 is 0 Å². The van der Waals surface area contributed by atoms with Crippen molar-refractivity contribution >= 4 is 11.7 Å². The van der Waals surface area contributed by atoms with Crippen LogP contribution in [0.25, 0.3) is 0 Å². The van der Waals surface area contributed by atoms with Crippen LogP contribution in [0.3, 0.4) is 0 Å². The van der Waals surface area contributed by atoms with Crippen LogP contribution in [0.1, 0.15) is 42.6 Å². The van der Waals surface area contributed by atoms with Gasteiger partial charge in [-0.25, -0.2) is 4.79 Å². The Bertz CT molecular complexity index is 452. The summed E-state index contributed by atoms with van der Waals surface area (Å²) in [5.41, 5.74) is 2.54. The van der Waals surface area contributed by atoms with Crippen LogP contribution in [0.4, 0.5) is 5.69 Å². The molecule has 1 aromatic rings. The number of aromatic carboxylic acids is 1. The number of carboxylic acids is 1. The normalized spacial score (nSPS) is 18.4. The van der Waals surface area contributed by atoms with Crippen molar-refractivity contribution in [2.24, 2.45) is 0 Å². The van der Waals surface area contributed by atoms with Crippen LogP contribution in [0.5, 0.6) is 0 Å². The van der Waals surface area contributed by atoms with Crippen LogP contribution in [0, 0.1) is 6.92 Å². The van der Waals surface area contributed by atoms with Crippen molar-refractivity contribution in [3.05, 3.63) is 29.3 Å². The molecule has 0 aliphatic carbocycles. The zero-order chi connectivity index (χ0) is 12.6. The zero-order valence-electron chi connectivity index (χ0n) is 10.7. The first-order valence-corrected chi connectivity index (χ1v) is 6.03. The molecular formula is C14H19NO2. The molecule has 1 fully saturated rings. The summed E-state index contributed by atoms with van der Waals surface area (Å²) < 4.78 is 0. The van der Waals surface area contributed by atoms with Crippen molar-refractivity contribution in [2.45, 2.75) is 39.2 Å². The van der Waals surface area contributed by atoms with E-state index in [0.717, 1.165) is 17.8 Å². The Kier molecular flexibility index (Phi) is 2.86. The summed E-state index contributed by atoms with van der Waals surface area (Å²) in [5.74, 6) is -0.852. The lowest BCUT2D eigenvalue weighted by molar-refractivity contribution is 0.0696. The lowest BCUT2D eigenvalue weighted by Crippen LogP contribution is -2.38. The molecule has 0 aromatic heterocycles. The van der Waals surface area contributed by atoms with Crippen LogP contribution >= 0.6 is 0 Å². The number of aryl methyl sites for hydroxylation is 1. The van der Waals surface area contributed by atoms with Gasteiger partial charge in [0.25, 0.3) is 0 Å². The molecule has 1 aliphatic heterocycles. The summed E-state index contributed by atoms with van der Waals surface area (Å²) in [6.07, 6.45) is 2.39. The maximum Gasteiger partial charge on any atom is 0.335 e. The first kappa shape index (κ1) is 12.0. The second-order valence-electron chi connectivity index (χ2n) is 5.37. The summed E-state index contributed by atoms with van der Waals surface area (Å²) in [6.45, 7) is 7.38. The van der Waals surface area contributed by atoms with Crippen molar-refractivity contribution < 1.29 is 9.90 Å². The van der Waals surface area contributed by atoms with Gasteiger partial charge in [0, 0.05) is 17.8 Å². The minimum atomic E-state index is -0.852. The molecule has 0 saturated carbocycles. The molecule has 1 aliphatic rings. The van der Waals surface area contributed by atoms with Gasteiger partial charge in [0.1, 0.15) is 0 Å². The van der Waals surface area contributed by atoms with E-state index in [1.807, 2.05) is 19.1 Å². The van der Waals surface area contributed by atoms with E-state index < -0.39 is 5.97 Å². The van der Waals surface area contributed by atoms with Gasteiger partial charge in [0.2, 0.25) is 0 Å². The molecule has 92 valence electrons. The molecule has 0 bridgehead atoms. The maximum absolute atomic E-state index is 11.0. The van der Waals surface area contributed by atoms with Gasteiger partial charge < -0.3 is 10.0 Å². The molecule has 0 amide bonds. The zero-order valence-corrected chi connectivity index (χ0v) is 10.7. The average molecular weight is 233 g/mol. The second kappa shape index (κ2) is 4.06. The van der Waals surface area contributed by atoms with Crippen LogP contribution in [-0.2, 0) is 0 Å². The van der Waals surface area contributed by atoms with Gasteiger partial charge in [0.05, 0.1) is 5.56 Å². The number of hydrogen-bond donors (Lipinski definition) is 1. The van der Waals surface area contributed by atoms with E-state index in [-0.39, 0.29) is 5.54 Å². The first-order valence-electron chi connectivity index (χ1n) is 6.03. The summed E-state index contributed by atoms with van der Waals surface area (Å²) in [4.78, 5) is 13.3. The number of anilines is 1. The first-order chi connectivity index (χ1) is 7.92. The van der Waals surface area contributed by atoms with Crippen molar-refractivity contribution in [1.29, 1.82) is 0 Å². The van der Waals surface area contributed by atoms with Gasteiger partial charge in [0.15, 0.2) is 0 Å². The molecule has 3 nitrogen and oxygen atoms in total. The average Bonchev–Trinajstić information content (AvgIpc) is 2.57. The van der Waals surface area contributed by atoms with E-state index in [4.69, 9.17) is 5.11 Å². The van der Waals surface area contributed by atoms with Gasteiger partial charge in [-0.1, -0.05) is 0 Å². The van der Waals surface area contributed by atoms with Gasteiger partial charge in [-0.2, -0.15) is 0 Å². The Hall–Kier alpha value is -1.51. The predicted molar refractivity (Wildman–Crippen MR) is 68.8 cm³/mol. The Balaban J connectivity index is 2.35. The van der Waals surface area contributed by atoms with Gasteiger partial charge >= 0.3 is 5.97 Å². The summed E-state index contributed by atoms with van der Waals surface area (Å²) in [6, 6.07) is 5.61. The Labute approximate surface area is 102 Å². The van der Waals surface area contributed by atoms with Crippen molar-refractivity contribution in [1.82, 2.24) is 0 Å². The van der Waals surface area contributed by atoms with Gasteiger partial charge in [-0.3, -0.25) is 0 Å². The largest absolute Gasteiger partial charge is 0.478 e. The van der Waals surface area contributed by atoms with Crippen molar-refractivity contribution in [3.63, 3.8) is 0 Å².